The summed E-state index contributed by atoms with van der Waals surface area (Å²) >= 11 is 0. The summed E-state index contributed by atoms with van der Waals surface area (Å²) in [5.41, 5.74) is 2.29. The fraction of sp³-hybridized carbons (Fsp3) is 0.286. The summed E-state index contributed by atoms with van der Waals surface area (Å²) in [6, 6.07) is 14.9. The molecule has 0 aliphatic rings. The van der Waals surface area contributed by atoms with Crippen molar-refractivity contribution >= 4 is 26.8 Å². The Bertz CT molecular complexity index is 1090. The van der Waals surface area contributed by atoms with E-state index in [0.29, 0.717) is 18.7 Å². The first-order valence-corrected chi connectivity index (χ1v) is 10.8. The first-order valence-electron chi connectivity index (χ1n) is 9.35. The molecule has 28 heavy (non-hydrogen) atoms. The van der Waals surface area contributed by atoms with Gasteiger partial charge in [-0.25, -0.2) is 13.1 Å². The number of para-hydroxylation sites is 1. The van der Waals surface area contributed by atoms with Crippen LogP contribution in [0.15, 0.2) is 59.6 Å². The highest BCUT2D eigenvalue weighted by Crippen LogP contribution is 2.17. The largest absolute Gasteiger partial charge is 0.352 e. The van der Waals surface area contributed by atoms with E-state index in [0.717, 1.165) is 18.5 Å². The molecule has 1 heterocycles. The van der Waals surface area contributed by atoms with Gasteiger partial charge in [-0.1, -0.05) is 31.2 Å². The topological polar surface area (TPSA) is 80.2 Å². The average Bonchev–Trinajstić information content (AvgIpc) is 3.08. The van der Waals surface area contributed by atoms with E-state index >= 15 is 0 Å². The van der Waals surface area contributed by atoms with Crippen LogP contribution in [0.3, 0.4) is 0 Å². The molecule has 0 saturated heterocycles. The number of sulfonamides is 1. The molecule has 3 aromatic rings. The van der Waals surface area contributed by atoms with E-state index in [1.807, 2.05) is 18.3 Å². The molecule has 7 heteroatoms. The van der Waals surface area contributed by atoms with Crippen molar-refractivity contribution in [2.75, 3.05) is 13.1 Å². The number of nitrogens with zero attached hydrogens (tertiary/aromatic N) is 1. The average molecular weight is 400 g/mol. The van der Waals surface area contributed by atoms with Crippen LogP contribution in [0.4, 0.5) is 0 Å². The Morgan fingerprint density at radius 2 is 1.89 bits per heavy atom. The van der Waals surface area contributed by atoms with Gasteiger partial charge in [0.1, 0.15) is 0 Å². The zero-order chi connectivity index (χ0) is 20.1. The molecule has 0 unspecified atom stereocenters. The number of nitrogens with one attached hydrogen (secondary N) is 2. The van der Waals surface area contributed by atoms with Crippen molar-refractivity contribution < 1.29 is 13.2 Å². The highest BCUT2D eigenvalue weighted by atomic mass is 32.2. The number of benzene rings is 2. The number of aryl methyl sites for hydroxylation is 2. The van der Waals surface area contributed by atoms with Crippen LogP contribution in [0.1, 0.15) is 29.3 Å². The highest BCUT2D eigenvalue weighted by molar-refractivity contribution is 7.89. The van der Waals surface area contributed by atoms with Crippen LogP contribution in [0.5, 0.6) is 0 Å². The number of fused-ring (bicyclic) bond motifs is 1. The van der Waals surface area contributed by atoms with Crippen LogP contribution in [0.25, 0.3) is 10.9 Å². The SMILES string of the molecule is CCNS(=O)(=O)c1ccc(C)c(C(=O)NCCCn2ccc3ccccc32)c1. The fourth-order valence-corrected chi connectivity index (χ4v) is 4.24. The normalized spacial score (nSPS) is 11.6. The van der Waals surface area contributed by atoms with E-state index in [2.05, 4.69) is 32.8 Å². The third-order valence-electron chi connectivity index (χ3n) is 4.64. The molecular weight excluding hydrogens is 374 g/mol. The third-order valence-corrected chi connectivity index (χ3v) is 6.18. The second kappa shape index (κ2) is 8.58. The maximum Gasteiger partial charge on any atom is 0.251 e. The van der Waals surface area contributed by atoms with Crippen molar-refractivity contribution in [3.8, 4) is 0 Å². The second-order valence-corrected chi connectivity index (χ2v) is 8.42. The zero-order valence-corrected chi connectivity index (χ0v) is 16.9. The first kappa shape index (κ1) is 20.1. The molecular formula is C21H25N3O3S. The predicted molar refractivity (Wildman–Crippen MR) is 111 cm³/mol. The van der Waals surface area contributed by atoms with Crippen molar-refractivity contribution in [3.63, 3.8) is 0 Å². The Labute approximate surface area is 165 Å². The van der Waals surface area contributed by atoms with Crippen molar-refractivity contribution in [1.29, 1.82) is 0 Å². The van der Waals surface area contributed by atoms with Gasteiger partial charge in [-0.15, -0.1) is 0 Å². The summed E-state index contributed by atoms with van der Waals surface area (Å²) in [6.45, 7) is 5.11. The molecule has 0 spiro atoms. The van der Waals surface area contributed by atoms with E-state index in [1.54, 1.807) is 19.9 Å². The second-order valence-electron chi connectivity index (χ2n) is 6.66. The van der Waals surface area contributed by atoms with Gasteiger partial charge in [-0.3, -0.25) is 4.79 Å². The lowest BCUT2D eigenvalue weighted by Crippen LogP contribution is -2.27. The standard InChI is InChI=1S/C21H25N3O3S/c1-3-23-28(26,27)18-10-9-16(2)19(15-18)21(25)22-12-6-13-24-14-11-17-7-4-5-8-20(17)24/h4-5,7-11,14-15,23H,3,6,12-13H2,1-2H3,(H,22,25). The van der Waals surface area contributed by atoms with E-state index < -0.39 is 10.0 Å². The van der Waals surface area contributed by atoms with Gasteiger partial charge >= 0.3 is 0 Å². The van der Waals surface area contributed by atoms with E-state index in [-0.39, 0.29) is 10.8 Å². The summed E-state index contributed by atoms with van der Waals surface area (Å²) in [7, 11) is -3.59. The van der Waals surface area contributed by atoms with Gasteiger partial charge in [-0.2, -0.15) is 0 Å². The molecule has 0 saturated carbocycles. The molecule has 0 fully saturated rings. The molecule has 1 aromatic heterocycles. The summed E-state index contributed by atoms with van der Waals surface area (Å²) < 4.78 is 29.0. The van der Waals surface area contributed by atoms with Crippen LogP contribution in [0, 0.1) is 6.92 Å². The Hall–Kier alpha value is -2.64. The predicted octanol–water partition coefficient (Wildman–Crippen LogP) is 3.07. The third kappa shape index (κ3) is 4.43. The lowest BCUT2D eigenvalue weighted by molar-refractivity contribution is 0.0952. The smallest absolute Gasteiger partial charge is 0.251 e. The van der Waals surface area contributed by atoms with Crippen LogP contribution in [-0.2, 0) is 16.6 Å². The molecule has 0 atom stereocenters. The zero-order valence-electron chi connectivity index (χ0n) is 16.1. The molecule has 1 amide bonds. The van der Waals surface area contributed by atoms with Gasteiger partial charge < -0.3 is 9.88 Å². The van der Waals surface area contributed by atoms with E-state index in [9.17, 15) is 13.2 Å². The number of hydrogen-bond donors (Lipinski definition) is 2. The molecule has 0 bridgehead atoms. The van der Waals surface area contributed by atoms with Gasteiger partial charge in [0, 0.05) is 36.9 Å². The molecule has 3 rings (SSSR count). The number of aromatic nitrogens is 1. The van der Waals surface area contributed by atoms with Gasteiger partial charge in [0.2, 0.25) is 10.0 Å². The summed E-state index contributed by atoms with van der Waals surface area (Å²) in [6.07, 6.45) is 2.82. The molecule has 2 aromatic carbocycles. The molecule has 0 aliphatic carbocycles. The maximum absolute atomic E-state index is 12.5. The monoisotopic (exact) mass is 399 g/mol. The van der Waals surface area contributed by atoms with Crippen LogP contribution in [0.2, 0.25) is 0 Å². The summed E-state index contributed by atoms with van der Waals surface area (Å²) in [4.78, 5) is 12.6. The minimum absolute atomic E-state index is 0.101. The van der Waals surface area contributed by atoms with Gasteiger partial charge in [0.25, 0.3) is 5.91 Å². The number of amides is 1. The summed E-state index contributed by atoms with van der Waals surface area (Å²) in [5.74, 6) is -0.261. The Morgan fingerprint density at radius 1 is 1.11 bits per heavy atom. The van der Waals surface area contributed by atoms with Crippen LogP contribution >= 0.6 is 0 Å². The lowest BCUT2D eigenvalue weighted by atomic mass is 10.1. The minimum Gasteiger partial charge on any atom is -0.352 e. The first-order chi connectivity index (χ1) is 13.4. The fourth-order valence-electron chi connectivity index (χ4n) is 3.17. The van der Waals surface area contributed by atoms with E-state index in [4.69, 9.17) is 0 Å². The molecule has 0 radical (unpaired) electrons. The maximum atomic E-state index is 12.5. The van der Waals surface area contributed by atoms with Crippen molar-refractivity contribution in [1.82, 2.24) is 14.6 Å². The van der Waals surface area contributed by atoms with E-state index in [1.165, 1.54) is 23.0 Å². The number of carbonyl (C=O) groups is 1. The molecule has 2 N–H and O–H groups in total. The quantitative estimate of drug-likeness (QED) is 0.571. The Morgan fingerprint density at radius 3 is 2.68 bits per heavy atom. The Balaban J connectivity index is 1.62. The van der Waals surface area contributed by atoms with Crippen LogP contribution < -0.4 is 10.0 Å². The minimum atomic E-state index is -3.59. The molecule has 6 nitrogen and oxygen atoms in total. The van der Waals surface area contributed by atoms with Crippen molar-refractivity contribution in [2.45, 2.75) is 31.7 Å². The lowest BCUT2D eigenvalue weighted by Gasteiger charge is -2.11. The van der Waals surface area contributed by atoms with Crippen molar-refractivity contribution in [3.05, 3.63) is 65.9 Å². The summed E-state index contributed by atoms with van der Waals surface area (Å²) in [5, 5.41) is 4.09. The number of carbonyl (C=O) groups excluding carboxylic acids is 1. The van der Waals surface area contributed by atoms with Crippen LogP contribution in [-0.4, -0.2) is 32.0 Å². The van der Waals surface area contributed by atoms with Gasteiger partial charge in [-0.05, 0) is 48.6 Å². The number of rotatable bonds is 8. The van der Waals surface area contributed by atoms with Gasteiger partial charge in [0.05, 0.1) is 4.90 Å². The Kier molecular flexibility index (Phi) is 6.16. The highest BCUT2D eigenvalue weighted by Gasteiger charge is 2.17. The van der Waals surface area contributed by atoms with Crippen molar-refractivity contribution in [2.24, 2.45) is 0 Å². The number of hydrogen-bond acceptors (Lipinski definition) is 3. The molecule has 0 aliphatic heterocycles. The molecule has 148 valence electrons. The van der Waals surface area contributed by atoms with Gasteiger partial charge in [0.15, 0.2) is 0 Å².